The monoisotopic (exact) mass is 547 g/mol. The maximum Gasteiger partial charge on any atom is 0.283 e. The van der Waals surface area contributed by atoms with Crippen molar-refractivity contribution in [3.63, 3.8) is 0 Å². The zero-order chi connectivity index (χ0) is 28.1. The first-order valence-electron chi connectivity index (χ1n) is 13.0. The number of rotatable bonds is 9. The number of aryl methyl sites for hydroxylation is 3. The zero-order valence-electron chi connectivity index (χ0n) is 22.3. The minimum atomic E-state index is -0.401. The van der Waals surface area contributed by atoms with E-state index in [2.05, 4.69) is 10.6 Å². The number of benzene rings is 4. The van der Waals surface area contributed by atoms with E-state index in [1.165, 1.54) is 16.7 Å². The van der Waals surface area contributed by atoms with Gasteiger partial charge in [0.15, 0.2) is 0 Å². The largest absolute Gasteiger partial charge is 0.350 e. The molecule has 0 aromatic heterocycles. The van der Waals surface area contributed by atoms with Crippen molar-refractivity contribution in [2.75, 3.05) is 15.5 Å². The van der Waals surface area contributed by atoms with Gasteiger partial charge in [0.05, 0.1) is 5.69 Å². The molecule has 4 aromatic carbocycles. The second-order valence-corrected chi connectivity index (χ2v) is 10.7. The van der Waals surface area contributed by atoms with E-state index in [0.717, 1.165) is 21.6 Å². The summed E-state index contributed by atoms with van der Waals surface area (Å²) in [6.07, 6.45) is 1.05. The van der Waals surface area contributed by atoms with E-state index >= 15 is 0 Å². The second kappa shape index (κ2) is 12.1. The minimum absolute atomic E-state index is 0.0677. The Balaban J connectivity index is 1.34. The number of amides is 3. The van der Waals surface area contributed by atoms with Crippen molar-refractivity contribution in [3.8, 4) is 0 Å². The van der Waals surface area contributed by atoms with E-state index in [-0.39, 0.29) is 17.5 Å². The Bertz CT molecular complexity index is 1580. The zero-order valence-corrected chi connectivity index (χ0v) is 23.1. The van der Waals surface area contributed by atoms with Crippen molar-refractivity contribution >= 4 is 46.5 Å². The van der Waals surface area contributed by atoms with E-state index in [1.807, 2.05) is 98.8 Å². The van der Waals surface area contributed by atoms with Crippen molar-refractivity contribution in [1.29, 1.82) is 0 Å². The molecule has 0 atom stereocenters. The van der Waals surface area contributed by atoms with Crippen LogP contribution in [0.2, 0.25) is 0 Å². The molecule has 3 amide bonds. The smallest absolute Gasteiger partial charge is 0.283 e. The lowest BCUT2D eigenvalue weighted by Crippen LogP contribution is -2.32. The van der Waals surface area contributed by atoms with Gasteiger partial charge in [-0.25, -0.2) is 4.90 Å². The van der Waals surface area contributed by atoms with Gasteiger partial charge in [-0.1, -0.05) is 66.4 Å². The number of thioether (sulfide) groups is 1. The van der Waals surface area contributed by atoms with Crippen LogP contribution in [-0.2, 0) is 20.8 Å². The summed E-state index contributed by atoms with van der Waals surface area (Å²) in [5, 5.41) is 6.10. The number of hydrogen-bond donors (Lipinski definition) is 2. The van der Waals surface area contributed by atoms with E-state index in [0.29, 0.717) is 34.8 Å². The summed E-state index contributed by atoms with van der Waals surface area (Å²) in [6.45, 7) is 3.95. The van der Waals surface area contributed by atoms with Gasteiger partial charge in [-0.3, -0.25) is 14.4 Å². The quantitative estimate of drug-likeness (QED) is 0.224. The molecule has 0 fully saturated rings. The predicted molar refractivity (Wildman–Crippen MR) is 161 cm³/mol. The van der Waals surface area contributed by atoms with Crippen molar-refractivity contribution < 1.29 is 14.4 Å². The first kappa shape index (κ1) is 27.0. The summed E-state index contributed by atoms with van der Waals surface area (Å²) in [6, 6.07) is 32.0. The number of nitrogens with one attached hydrogen (secondary N) is 2. The standard InChI is InChI=1S/C33H29N3O3S/c1-22-13-17-27(21-23(22)2)36-32(38)30(35-25-11-7-4-8-12-25)31(33(36)39)40-28-18-15-26(16-19-28)34-29(37)20-14-24-9-5-3-6-10-24/h3-13,15-19,21,35H,14,20H2,1-2H3,(H,34,37). The fourth-order valence-electron chi connectivity index (χ4n) is 4.33. The van der Waals surface area contributed by atoms with Crippen molar-refractivity contribution in [2.45, 2.75) is 31.6 Å². The molecule has 1 heterocycles. The minimum Gasteiger partial charge on any atom is -0.350 e. The van der Waals surface area contributed by atoms with Gasteiger partial charge in [-0.2, -0.15) is 0 Å². The van der Waals surface area contributed by atoms with Gasteiger partial charge >= 0.3 is 0 Å². The molecule has 6 nitrogen and oxygen atoms in total. The van der Waals surface area contributed by atoms with Crippen molar-refractivity contribution in [2.24, 2.45) is 0 Å². The molecular weight excluding hydrogens is 518 g/mol. The van der Waals surface area contributed by atoms with Crippen molar-refractivity contribution in [3.05, 3.63) is 130 Å². The third kappa shape index (κ3) is 6.16. The molecule has 40 heavy (non-hydrogen) atoms. The Morgan fingerprint density at radius 1 is 0.750 bits per heavy atom. The molecule has 1 aliphatic heterocycles. The van der Waals surface area contributed by atoms with Crippen LogP contribution in [0.25, 0.3) is 0 Å². The third-order valence-corrected chi connectivity index (χ3v) is 7.77. The van der Waals surface area contributed by atoms with E-state index in [4.69, 9.17) is 0 Å². The third-order valence-electron chi connectivity index (χ3n) is 6.67. The molecule has 5 rings (SSSR count). The Kier molecular flexibility index (Phi) is 8.12. The van der Waals surface area contributed by atoms with Gasteiger partial charge in [0.25, 0.3) is 11.8 Å². The van der Waals surface area contributed by atoms with Gasteiger partial charge in [0.2, 0.25) is 5.91 Å². The van der Waals surface area contributed by atoms with E-state index in [1.54, 1.807) is 18.2 Å². The van der Waals surface area contributed by atoms with Gasteiger partial charge in [-0.05, 0) is 85.5 Å². The molecule has 0 saturated carbocycles. The average Bonchev–Trinajstić information content (AvgIpc) is 3.19. The first-order valence-corrected chi connectivity index (χ1v) is 13.8. The number of imide groups is 1. The molecule has 1 aliphatic rings. The topological polar surface area (TPSA) is 78.5 Å². The van der Waals surface area contributed by atoms with Gasteiger partial charge in [0, 0.05) is 22.7 Å². The van der Waals surface area contributed by atoms with Crippen LogP contribution < -0.4 is 15.5 Å². The maximum atomic E-state index is 13.6. The molecule has 0 unspecified atom stereocenters. The summed E-state index contributed by atoms with van der Waals surface area (Å²) in [4.78, 5) is 42.0. The molecule has 0 spiro atoms. The van der Waals surface area contributed by atoms with Crippen LogP contribution >= 0.6 is 11.8 Å². The molecule has 0 aliphatic carbocycles. The number of anilines is 3. The van der Waals surface area contributed by atoms with Crippen molar-refractivity contribution in [1.82, 2.24) is 0 Å². The Hall–Kier alpha value is -4.62. The van der Waals surface area contributed by atoms with Crippen LogP contribution in [0.1, 0.15) is 23.1 Å². The van der Waals surface area contributed by atoms with E-state index in [9.17, 15) is 14.4 Å². The maximum absolute atomic E-state index is 13.6. The van der Waals surface area contributed by atoms with Crippen LogP contribution in [0.4, 0.5) is 17.1 Å². The summed E-state index contributed by atoms with van der Waals surface area (Å²) in [5.41, 5.74) is 5.35. The van der Waals surface area contributed by atoms with Gasteiger partial charge in [0.1, 0.15) is 10.6 Å². The Morgan fingerprint density at radius 3 is 2.10 bits per heavy atom. The highest BCUT2D eigenvalue weighted by atomic mass is 32.2. The molecule has 0 saturated heterocycles. The lowest BCUT2D eigenvalue weighted by atomic mass is 10.1. The number of nitrogens with zero attached hydrogens (tertiary/aromatic N) is 1. The Morgan fingerprint density at radius 2 is 1.43 bits per heavy atom. The number of hydrogen-bond acceptors (Lipinski definition) is 5. The fraction of sp³-hybridized carbons (Fsp3) is 0.121. The van der Waals surface area contributed by atoms with E-state index < -0.39 is 5.91 Å². The van der Waals surface area contributed by atoms with Crippen LogP contribution in [-0.4, -0.2) is 17.7 Å². The van der Waals surface area contributed by atoms with Gasteiger partial charge < -0.3 is 10.6 Å². The highest BCUT2D eigenvalue weighted by Gasteiger charge is 2.40. The molecule has 7 heteroatoms. The molecular formula is C33H29N3O3S. The lowest BCUT2D eigenvalue weighted by Gasteiger charge is -2.16. The molecule has 200 valence electrons. The summed E-state index contributed by atoms with van der Waals surface area (Å²) >= 11 is 1.22. The van der Waals surface area contributed by atoms with Gasteiger partial charge in [-0.15, -0.1) is 0 Å². The number of carbonyl (C=O) groups excluding carboxylic acids is 3. The van der Waals surface area contributed by atoms with Crippen LogP contribution in [0.5, 0.6) is 0 Å². The summed E-state index contributed by atoms with van der Waals surface area (Å²) in [5.74, 6) is -0.848. The lowest BCUT2D eigenvalue weighted by molar-refractivity contribution is -0.120. The molecule has 2 N–H and O–H groups in total. The number of para-hydroxylation sites is 1. The highest BCUT2D eigenvalue weighted by molar-refractivity contribution is 8.04. The highest BCUT2D eigenvalue weighted by Crippen LogP contribution is 2.38. The normalized spacial score (nSPS) is 13.1. The predicted octanol–water partition coefficient (Wildman–Crippen LogP) is 6.86. The average molecular weight is 548 g/mol. The molecule has 4 aromatic rings. The van der Waals surface area contributed by atoms with Crippen LogP contribution in [0.15, 0.2) is 119 Å². The van der Waals surface area contributed by atoms with Crippen LogP contribution in [0, 0.1) is 13.8 Å². The molecule has 0 bridgehead atoms. The van der Waals surface area contributed by atoms with Crippen LogP contribution in [0.3, 0.4) is 0 Å². The number of carbonyl (C=O) groups is 3. The first-order chi connectivity index (χ1) is 19.4. The fourth-order valence-corrected chi connectivity index (χ4v) is 5.26. The summed E-state index contributed by atoms with van der Waals surface area (Å²) < 4.78 is 0. The molecule has 0 radical (unpaired) electrons. The summed E-state index contributed by atoms with van der Waals surface area (Å²) in [7, 11) is 0. The SMILES string of the molecule is Cc1ccc(N2C(=O)C(Nc3ccccc3)=C(Sc3ccc(NC(=O)CCc4ccccc4)cc3)C2=O)cc1C. The Labute approximate surface area is 238 Å². The second-order valence-electron chi connectivity index (χ2n) is 9.57.